The number of aryl methyl sites for hydroxylation is 1. The van der Waals surface area contributed by atoms with Gasteiger partial charge in [0.2, 0.25) is 11.9 Å². The Morgan fingerprint density at radius 3 is 2.81 bits per heavy atom. The van der Waals surface area contributed by atoms with Crippen LogP contribution in [0.5, 0.6) is 0 Å². The average Bonchev–Trinajstić information content (AvgIpc) is 2.65. The standard InChI is InChI=1S/C20H28N6/c1-13-7-6-10-18(14(13)2)26-11-21-19(22-12-26)25-20-23-15(3)16-8-4-5-9-17(16)24-20/h4-5,8-9,13-14,18H,6-7,10-12H2,1-3H3,(H2,21,22,23,24,25)/t13-,14-,18+/m0/s1. The predicted molar refractivity (Wildman–Crippen MR) is 106 cm³/mol. The Labute approximate surface area is 155 Å². The van der Waals surface area contributed by atoms with Crippen molar-refractivity contribution in [3.63, 3.8) is 0 Å². The molecule has 2 heterocycles. The van der Waals surface area contributed by atoms with Crippen molar-refractivity contribution in [1.82, 2.24) is 20.2 Å². The molecule has 0 saturated heterocycles. The van der Waals surface area contributed by atoms with Crippen LogP contribution in [0.4, 0.5) is 5.95 Å². The van der Waals surface area contributed by atoms with E-state index < -0.39 is 0 Å². The molecule has 6 nitrogen and oxygen atoms in total. The lowest BCUT2D eigenvalue weighted by Gasteiger charge is -2.42. The molecule has 0 unspecified atom stereocenters. The summed E-state index contributed by atoms with van der Waals surface area (Å²) in [4.78, 5) is 16.3. The predicted octanol–water partition coefficient (Wildman–Crippen LogP) is 3.35. The highest BCUT2D eigenvalue weighted by molar-refractivity contribution is 5.93. The van der Waals surface area contributed by atoms with Gasteiger partial charge in [0.15, 0.2) is 0 Å². The first kappa shape index (κ1) is 17.2. The van der Waals surface area contributed by atoms with Gasteiger partial charge in [-0.05, 0) is 31.2 Å². The van der Waals surface area contributed by atoms with E-state index in [0.29, 0.717) is 12.0 Å². The number of hydrogen-bond donors (Lipinski definition) is 2. The van der Waals surface area contributed by atoms with Crippen LogP contribution in [0.15, 0.2) is 29.3 Å². The molecule has 2 aliphatic rings. The summed E-state index contributed by atoms with van der Waals surface area (Å²) < 4.78 is 0. The molecule has 0 spiro atoms. The Bertz CT molecular complexity index is 817. The van der Waals surface area contributed by atoms with E-state index in [9.17, 15) is 0 Å². The number of guanidine groups is 1. The van der Waals surface area contributed by atoms with E-state index in [2.05, 4.69) is 45.4 Å². The van der Waals surface area contributed by atoms with E-state index in [1.54, 1.807) is 0 Å². The number of anilines is 1. The van der Waals surface area contributed by atoms with Gasteiger partial charge in [-0.15, -0.1) is 0 Å². The number of rotatable bonds is 2. The summed E-state index contributed by atoms with van der Waals surface area (Å²) in [6.45, 7) is 8.32. The molecule has 3 atom stereocenters. The zero-order valence-electron chi connectivity index (χ0n) is 15.9. The van der Waals surface area contributed by atoms with E-state index in [1.807, 2.05) is 25.1 Å². The molecule has 1 aliphatic heterocycles. The van der Waals surface area contributed by atoms with Gasteiger partial charge in [-0.2, -0.15) is 0 Å². The van der Waals surface area contributed by atoms with Crippen LogP contribution in [-0.4, -0.2) is 40.2 Å². The number of aliphatic imine (C=N–C) groups is 1. The van der Waals surface area contributed by atoms with E-state index in [1.165, 1.54) is 19.3 Å². The maximum Gasteiger partial charge on any atom is 0.230 e. The highest BCUT2D eigenvalue weighted by Crippen LogP contribution is 2.32. The number of benzene rings is 1. The monoisotopic (exact) mass is 352 g/mol. The third kappa shape index (κ3) is 3.38. The second kappa shape index (κ2) is 7.19. The maximum atomic E-state index is 4.69. The maximum absolute atomic E-state index is 4.69. The Kier molecular flexibility index (Phi) is 4.76. The van der Waals surface area contributed by atoms with E-state index in [0.717, 1.165) is 47.7 Å². The summed E-state index contributed by atoms with van der Waals surface area (Å²) in [7, 11) is 0. The molecule has 1 aromatic heterocycles. The number of para-hydroxylation sites is 1. The molecule has 1 fully saturated rings. The van der Waals surface area contributed by atoms with Gasteiger partial charge in [0, 0.05) is 11.4 Å². The fourth-order valence-corrected chi connectivity index (χ4v) is 4.22. The molecule has 4 rings (SSSR count). The van der Waals surface area contributed by atoms with Crippen LogP contribution in [-0.2, 0) is 0 Å². The normalized spacial score (nSPS) is 27.0. The van der Waals surface area contributed by atoms with E-state index >= 15 is 0 Å². The summed E-state index contributed by atoms with van der Waals surface area (Å²) in [5, 5.41) is 7.74. The molecule has 26 heavy (non-hydrogen) atoms. The minimum absolute atomic E-state index is 0.598. The summed E-state index contributed by atoms with van der Waals surface area (Å²) in [6, 6.07) is 8.70. The smallest absolute Gasteiger partial charge is 0.230 e. The molecule has 1 aromatic carbocycles. The molecular weight excluding hydrogens is 324 g/mol. The lowest BCUT2D eigenvalue weighted by molar-refractivity contribution is 0.0771. The average molecular weight is 352 g/mol. The van der Waals surface area contributed by atoms with Crippen molar-refractivity contribution in [2.45, 2.75) is 46.1 Å². The molecule has 6 heteroatoms. The van der Waals surface area contributed by atoms with Crippen LogP contribution in [0.1, 0.15) is 38.8 Å². The van der Waals surface area contributed by atoms with Crippen molar-refractivity contribution in [2.75, 3.05) is 18.7 Å². The van der Waals surface area contributed by atoms with E-state index in [4.69, 9.17) is 4.99 Å². The molecule has 138 valence electrons. The van der Waals surface area contributed by atoms with Gasteiger partial charge in [0.1, 0.15) is 0 Å². The number of nitrogens with zero attached hydrogens (tertiary/aromatic N) is 4. The van der Waals surface area contributed by atoms with Gasteiger partial charge in [0.05, 0.1) is 24.5 Å². The Morgan fingerprint density at radius 1 is 1.15 bits per heavy atom. The van der Waals surface area contributed by atoms with Crippen LogP contribution < -0.4 is 10.6 Å². The number of hydrogen-bond acceptors (Lipinski definition) is 6. The fourth-order valence-electron chi connectivity index (χ4n) is 4.22. The number of nitrogens with one attached hydrogen (secondary N) is 2. The Morgan fingerprint density at radius 2 is 2.00 bits per heavy atom. The zero-order valence-corrected chi connectivity index (χ0v) is 15.9. The molecule has 0 bridgehead atoms. The fraction of sp³-hybridized carbons (Fsp3) is 0.550. The lowest BCUT2D eigenvalue weighted by Crippen LogP contribution is -2.53. The minimum atomic E-state index is 0.598. The first-order valence-electron chi connectivity index (χ1n) is 9.64. The van der Waals surface area contributed by atoms with Gasteiger partial charge < -0.3 is 5.32 Å². The van der Waals surface area contributed by atoms with Gasteiger partial charge in [-0.3, -0.25) is 10.2 Å². The molecule has 0 amide bonds. The SMILES string of the molecule is Cc1nc(NC2=NCN([C@@H]3CCC[C@H](C)[C@@H]3C)CN2)nc2ccccc12. The van der Waals surface area contributed by atoms with Crippen molar-refractivity contribution in [1.29, 1.82) is 0 Å². The molecule has 2 aromatic rings. The summed E-state index contributed by atoms with van der Waals surface area (Å²) in [5.41, 5.74) is 1.92. The van der Waals surface area contributed by atoms with Gasteiger partial charge in [-0.1, -0.05) is 44.9 Å². The summed E-state index contributed by atoms with van der Waals surface area (Å²) in [6.07, 6.45) is 3.96. The third-order valence-corrected chi connectivity index (χ3v) is 6.02. The molecular formula is C20H28N6. The highest BCUT2D eigenvalue weighted by Gasteiger charge is 2.32. The molecule has 0 radical (unpaired) electrons. The van der Waals surface area contributed by atoms with Crippen molar-refractivity contribution >= 4 is 22.8 Å². The van der Waals surface area contributed by atoms with Crippen molar-refractivity contribution in [3.05, 3.63) is 30.0 Å². The second-order valence-corrected chi connectivity index (χ2v) is 7.68. The van der Waals surface area contributed by atoms with Gasteiger partial charge in [0.25, 0.3) is 0 Å². The Balaban J connectivity index is 1.45. The summed E-state index contributed by atoms with van der Waals surface area (Å²) in [5.74, 6) is 2.88. The molecule has 1 saturated carbocycles. The van der Waals surface area contributed by atoms with Gasteiger partial charge >= 0.3 is 0 Å². The minimum Gasteiger partial charge on any atom is -0.343 e. The van der Waals surface area contributed by atoms with Gasteiger partial charge in [-0.25, -0.2) is 15.0 Å². The van der Waals surface area contributed by atoms with Crippen LogP contribution in [0.3, 0.4) is 0 Å². The van der Waals surface area contributed by atoms with Crippen molar-refractivity contribution in [3.8, 4) is 0 Å². The number of fused-ring (bicyclic) bond motifs is 1. The quantitative estimate of drug-likeness (QED) is 0.868. The largest absolute Gasteiger partial charge is 0.343 e. The third-order valence-electron chi connectivity index (χ3n) is 6.02. The van der Waals surface area contributed by atoms with Crippen LogP contribution >= 0.6 is 0 Å². The molecule has 1 aliphatic carbocycles. The topological polar surface area (TPSA) is 65.4 Å². The van der Waals surface area contributed by atoms with Crippen LogP contribution in [0.25, 0.3) is 10.9 Å². The Hall–Kier alpha value is -2.21. The zero-order chi connectivity index (χ0) is 18.1. The van der Waals surface area contributed by atoms with Crippen LogP contribution in [0.2, 0.25) is 0 Å². The first-order valence-corrected chi connectivity index (χ1v) is 9.64. The van der Waals surface area contributed by atoms with E-state index in [-0.39, 0.29) is 0 Å². The van der Waals surface area contributed by atoms with Crippen LogP contribution in [0, 0.1) is 18.8 Å². The first-order chi connectivity index (χ1) is 12.6. The van der Waals surface area contributed by atoms with Crippen molar-refractivity contribution < 1.29 is 0 Å². The summed E-state index contributed by atoms with van der Waals surface area (Å²) >= 11 is 0. The van der Waals surface area contributed by atoms with Crippen molar-refractivity contribution in [2.24, 2.45) is 16.8 Å². The number of aromatic nitrogens is 2. The molecule has 2 N–H and O–H groups in total. The highest BCUT2D eigenvalue weighted by atomic mass is 15.4. The lowest BCUT2D eigenvalue weighted by atomic mass is 9.77. The second-order valence-electron chi connectivity index (χ2n) is 7.68.